The van der Waals surface area contributed by atoms with Crippen molar-refractivity contribution in [3.8, 4) is 5.69 Å². The molecule has 0 saturated heterocycles. The van der Waals surface area contributed by atoms with Gasteiger partial charge >= 0.3 is 18.1 Å². The van der Waals surface area contributed by atoms with Crippen LogP contribution in [0.3, 0.4) is 0 Å². The second-order valence-electron chi connectivity index (χ2n) is 6.52. The number of hydrazone groups is 1. The molecule has 2 aromatic rings. The largest absolute Gasteiger partial charge is 0.462 e. The highest BCUT2D eigenvalue weighted by molar-refractivity contribution is 5.82. The molecule has 0 unspecified atom stereocenters. The Hall–Kier alpha value is -2.52. The topological polar surface area (TPSA) is 29.3 Å². The maximum atomic E-state index is 13.2. The molecule has 0 atom stereocenters. The Morgan fingerprint density at radius 2 is 1.39 bits per heavy atom. The predicted octanol–water partition coefficient (Wildman–Crippen LogP) is 5.42. The first-order valence-corrected chi connectivity index (χ1v) is 8.07. The minimum Gasteiger partial charge on any atom is -0.318 e. The van der Waals surface area contributed by atoms with Gasteiger partial charge in [0.25, 0.3) is 0 Å². The van der Waals surface area contributed by atoms with Crippen LogP contribution in [0.15, 0.2) is 29.4 Å². The summed E-state index contributed by atoms with van der Waals surface area (Å²) in [6.45, 7) is 7.19. The van der Waals surface area contributed by atoms with Crippen LogP contribution in [0.25, 0.3) is 5.69 Å². The van der Waals surface area contributed by atoms with Gasteiger partial charge in [-0.2, -0.15) is 35.8 Å². The Morgan fingerprint density at radius 3 is 1.89 bits per heavy atom. The molecule has 28 heavy (non-hydrogen) atoms. The Bertz CT molecular complexity index is 875. The smallest absolute Gasteiger partial charge is 0.318 e. The normalized spacial score (nSPS) is 13.4. The van der Waals surface area contributed by atoms with Gasteiger partial charge in [-0.15, -0.1) is 0 Å². The maximum absolute atomic E-state index is 13.2. The minimum atomic E-state index is -6.42. The van der Waals surface area contributed by atoms with E-state index in [2.05, 4.69) is 5.10 Å². The number of alkyl halides is 7. The van der Waals surface area contributed by atoms with Crippen molar-refractivity contribution in [1.29, 1.82) is 0 Å². The molecule has 1 heterocycles. The van der Waals surface area contributed by atoms with Gasteiger partial charge in [0.05, 0.1) is 6.21 Å². The Kier molecular flexibility index (Phi) is 5.55. The fourth-order valence-electron chi connectivity index (χ4n) is 2.83. The third-order valence-electron chi connectivity index (χ3n) is 4.09. The van der Waals surface area contributed by atoms with Gasteiger partial charge in [0.1, 0.15) is 0 Å². The lowest BCUT2D eigenvalue weighted by atomic mass is 10.1. The number of aromatic nitrogens is 1. The number of rotatable bonds is 5. The van der Waals surface area contributed by atoms with Crippen LogP contribution in [0.4, 0.5) is 30.7 Å². The van der Waals surface area contributed by atoms with Crippen LogP contribution in [0.2, 0.25) is 0 Å². The molecule has 1 aromatic heterocycles. The van der Waals surface area contributed by atoms with E-state index in [1.165, 1.54) is 0 Å². The lowest BCUT2D eigenvalue weighted by molar-refractivity contribution is -0.361. The number of aryl methyl sites for hydroxylation is 3. The third kappa shape index (κ3) is 4.00. The zero-order valence-electron chi connectivity index (χ0n) is 15.4. The molecule has 2 rings (SSSR count). The number of nitrogens with one attached hydrogen (secondary N) is 1. The molecule has 3 nitrogen and oxygen atoms in total. The summed E-state index contributed by atoms with van der Waals surface area (Å²) in [6, 6.07) is 1.71. The van der Waals surface area contributed by atoms with Crippen molar-refractivity contribution >= 4 is 6.21 Å². The second-order valence-corrected chi connectivity index (χ2v) is 6.52. The van der Waals surface area contributed by atoms with Gasteiger partial charge in [-0.05, 0) is 57.0 Å². The van der Waals surface area contributed by atoms with E-state index < -0.39 is 18.1 Å². The molecule has 0 aliphatic heterocycles. The van der Waals surface area contributed by atoms with Crippen molar-refractivity contribution in [1.82, 2.24) is 9.99 Å². The number of benzene rings is 1. The summed E-state index contributed by atoms with van der Waals surface area (Å²) in [4.78, 5) is 0. The van der Waals surface area contributed by atoms with E-state index in [0.717, 1.165) is 23.0 Å². The van der Waals surface area contributed by atoms with Crippen molar-refractivity contribution in [3.63, 3.8) is 0 Å². The van der Waals surface area contributed by atoms with E-state index in [1.807, 2.05) is 32.0 Å². The summed E-state index contributed by atoms with van der Waals surface area (Å²) >= 11 is 0. The molecule has 1 N–H and O–H groups in total. The second kappa shape index (κ2) is 7.14. The highest BCUT2D eigenvalue weighted by Crippen LogP contribution is 2.45. The van der Waals surface area contributed by atoms with Crippen LogP contribution < -0.4 is 5.43 Å². The van der Waals surface area contributed by atoms with Gasteiger partial charge < -0.3 is 4.57 Å². The van der Waals surface area contributed by atoms with Crippen LogP contribution in [0.5, 0.6) is 0 Å². The molecule has 0 aliphatic carbocycles. The van der Waals surface area contributed by atoms with Gasteiger partial charge in [0, 0.05) is 22.6 Å². The van der Waals surface area contributed by atoms with E-state index in [9.17, 15) is 30.7 Å². The first-order chi connectivity index (χ1) is 12.7. The number of halogens is 7. The Balaban J connectivity index is 2.31. The lowest BCUT2D eigenvalue weighted by Crippen LogP contribution is -2.58. The summed E-state index contributed by atoms with van der Waals surface area (Å²) in [5, 5.41) is 2.92. The molecular formula is C18H18F7N3. The summed E-state index contributed by atoms with van der Waals surface area (Å²) in [7, 11) is 0. The molecule has 0 spiro atoms. The molecule has 0 bridgehead atoms. The highest BCUT2D eigenvalue weighted by Gasteiger charge is 2.73. The maximum Gasteiger partial charge on any atom is 0.462 e. The van der Waals surface area contributed by atoms with Gasteiger partial charge in [-0.1, -0.05) is 6.07 Å². The summed E-state index contributed by atoms with van der Waals surface area (Å²) in [6.07, 6.45) is -5.64. The van der Waals surface area contributed by atoms with Crippen molar-refractivity contribution < 1.29 is 30.7 Å². The number of nitrogens with zero attached hydrogens (tertiary/aromatic N) is 2. The van der Waals surface area contributed by atoms with E-state index in [4.69, 9.17) is 0 Å². The van der Waals surface area contributed by atoms with Crippen LogP contribution in [0, 0.1) is 27.7 Å². The SMILES string of the molecule is Cc1cc(C)cc(-n2c(C)cc(/C=N/NC(F)(F)C(F)(F)C(F)(F)F)c2C)c1. The Morgan fingerprint density at radius 1 is 0.857 bits per heavy atom. The Labute approximate surface area is 156 Å². The van der Waals surface area contributed by atoms with E-state index >= 15 is 0 Å². The quantitative estimate of drug-likeness (QED) is 0.304. The van der Waals surface area contributed by atoms with Crippen molar-refractivity contribution in [2.45, 2.75) is 45.8 Å². The lowest BCUT2D eigenvalue weighted by Gasteiger charge is -2.27. The first kappa shape index (κ1) is 21.8. The number of hydrogen-bond donors (Lipinski definition) is 1. The third-order valence-corrected chi connectivity index (χ3v) is 4.09. The minimum absolute atomic E-state index is 0.287. The molecule has 1 aromatic carbocycles. The van der Waals surface area contributed by atoms with Gasteiger partial charge in [-0.25, -0.2) is 5.43 Å². The van der Waals surface area contributed by atoms with Crippen molar-refractivity contribution in [2.24, 2.45) is 5.10 Å². The first-order valence-electron chi connectivity index (χ1n) is 8.07. The average Bonchev–Trinajstić information content (AvgIpc) is 2.79. The molecule has 0 radical (unpaired) electrons. The molecule has 0 amide bonds. The van der Waals surface area contributed by atoms with Gasteiger partial charge in [0.15, 0.2) is 0 Å². The van der Waals surface area contributed by atoms with Crippen LogP contribution in [0.1, 0.15) is 28.1 Å². The molecule has 0 aliphatic rings. The van der Waals surface area contributed by atoms with E-state index in [1.54, 1.807) is 24.5 Å². The molecule has 154 valence electrons. The van der Waals surface area contributed by atoms with Crippen molar-refractivity contribution in [3.05, 3.63) is 52.3 Å². The number of hydrogen-bond acceptors (Lipinski definition) is 2. The fraction of sp³-hybridized carbons (Fsp3) is 0.389. The summed E-state index contributed by atoms with van der Waals surface area (Å²) in [5.74, 6) is -6.27. The fourth-order valence-corrected chi connectivity index (χ4v) is 2.83. The van der Waals surface area contributed by atoms with Gasteiger partial charge in [-0.3, -0.25) is 0 Å². The van der Waals surface area contributed by atoms with Crippen molar-refractivity contribution in [2.75, 3.05) is 0 Å². The zero-order chi connectivity index (χ0) is 21.5. The molecule has 10 heteroatoms. The van der Waals surface area contributed by atoms with Crippen LogP contribution in [-0.2, 0) is 0 Å². The molecule has 0 fully saturated rings. The predicted molar refractivity (Wildman–Crippen MR) is 91.4 cm³/mol. The average molecular weight is 409 g/mol. The summed E-state index contributed by atoms with van der Waals surface area (Å²) < 4.78 is 90.4. The standard InChI is InChI=1S/C18H18F7N3/c1-10-5-11(2)7-15(6-10)28-12(3)8-14(13(28)4)9-26-27-18(24,25)16(19,20)17(21,22)23/h5-9,27H,1-4H3/b26-9+. The molecule has 0 saturated carbocycles. The van der Waals surface area contributed by atoms with E-state index in [-0.39, 0.29) is 5.56 Å². The zero-order valence-corrected chi connectivity index (χ0v) is 15.4. The van der Waals surface area contributed by atoms with Crippen LogP contribution in [-0.4, -0.2) is 28.9 Å². The van der Waals surface area contributed by atoms with E-state index in [0.29, 0.717) is 16.8 Å². The highest BCUT2D eigenvalue weighted by atomic mass is 19.4. The molecular weight excluding hydrogens is 391 g/mol. The van der Waals surface area contributed by atoms with Gasteiger partial charge in [0.2, 0.25) is 0 Å². The monoisotopic (exact) mass is 409 g/mol. The summed E-state index contributed by atoms with van der Waals surface area (Å²) in [5.41, 5.74) is 4.96. The van der Waals surface area contributed by atoms with Crippen LogP contribution >= 0.6 is 0 Å².